The van der Waals surface area contributed by atoms with Crippen LogP contribution in [0.2, 0.25) is 0 Å². The van der Waals surface area contributed by atoms with E-state index in [1.807, 2.05) is 5.48 Å². The molecule has 1 aromatic rings. The summed E-state index contributed by atoms with van der Waals surface area (Å²) in [7, 11) is 0. The first-order valence-electron chi connectivity index (χ1n) is 3.54. The standard InChI is InChI=1S/C8H10FNO2/c9-7-3-1-2-6(4-7)8(5-11)10-12/h1-4,8,10-12H,5H2/t8-/m1/s1. The smallest absolute Gasteiger partial charge is 0.123 e. The summed E-state index contributed by atoms with van der Waals surface area (Å²) < 4.78 is 12.6. The van der Waals surface area contributed by atoms with E-state index in [9.17, 15) is 4.39 Å². The molecule has 0 saturated carbocycles. The van der Waals surface area contributed by atoms with Crippen molar-refractivity contribution in [2.45, 2.75) is 6.04 Å². The lowest BCUT2D eigenvalue weighted by atomic mass is 10.1. The van der Waals surface area contributed by atoms with Crippen LogP contribution in [0.3, 0.4) is 0 Å². The van der Waals surface area contributed by atoms with Crippen LogP contribution >= 0.6 is 0 Å². The minimum absolute atomic E-state index is 0.278. The zero-order chi connectivity index (χ0) is 8.97. The highest BCUT2D eigenvalue weighted by Gasteiger charge is 2.08. The molecular formula is C8H10FNO2. The number of rotatable bonds is 3. The average Bonchev–Trinajstić information content (AvgIpc) is 2.07. The van der Waals surface area contributed by atoms with Gasteiger partial charge < -0.3 is 10.3 Å². The van der Waals surface area contributed by atoms with Crippen LogP contribution in [0, 0.1) is 5.82 Å². The molecule has 0 amide bonds. The molecule has 3 N–H and O–H groups in total. The van der Waals surface area contributed by atoms with Crippen LogP contribution in [0.5, 0.6) is 0 Å². The van der Waals surface area contributed by atoms with Crippen molar-refractivity contribution < 1.29 is 14.7 Å². The van der Waals surface area contributed by atoms with Crippen molar-refractivity contribution in [2.75, 3.05) is 6.61 Å². The number of hydrogen-bond donors (Lipinski definition) is 3. The second-order valence-electron chi connectivity index (χ2n) is 2.42. The first kappa shape index (κ1) is 9.12. The molecule has 0 spiro atoms. The van der Waals surface area contributed by atoms with E-state index in [2.05, 4.69) is 0 Å². The van der Waals surface area contributed by atoms with Gasteiger partial charge in [0.15, 0.2) is 0 Å². The molecule has 3 nitrogen and oxygen atoms in total. The van der Waals surface area contributed by atoms with Crippen molar-refractivity contribution in [3.8, 4) is 0 Å². The molecule has 1 rings (SSSR count). The molecule has 66 valence electrons. The van der Waals surface area contributed by atoms with Gasteiger partial charge in [0.05, 0.1) is 12.6 Å². The molecule has 0 unspecified atom stereocenters. The lowest BCUT2D eigenvalue weighted by Crippen LogP contribution is -2.20. The van der Waals surface area contributed by atoms with Crippen LogP contribution in [0.25, 0.3) is 0 Å². The summed E-state index contributed by atoms with van der Waals surface area (Å²) in [5, 5.41) is 17.3. The van der Waals surface area contributed by atoms with Gasteiger partial charge in [-0.1, -0.05) is 12.1 Å². The molecule has 0 aliphatic heterocycles. The van der Waals surface area contributed by atoms with Gasteiger partial charge in [0.25, 0.3) is 0 Å². The highest BCUT2D eigenvalue weighted by Crippen LogP contribution is 2.12. The summed E-state index contributed by atoms with van der Waals surface area (Å²) in [6, 6.07) is 5.07. The van der Waals surface area contributed by atoms with E-state index >= 15 is 0 Å². The molecule has 4 heteroatoms. The topological polar surface area (TPSA) is 52.5 Å². The van der Waals surface area contributed by atoms with Crippen molar-refractivity contribution in [2.24, 2.45) is 0 Å². The van der Waals surface area contributed by atoms with Crippen LogP contribution in [-0.4, -0.2) is 16.9 Å². The van der Waals surface area contributed by atoms with Gasteiger partial charge in [-0.15, -0.1) is 0 Å². The minimum atomic E-state index is -0.624. The largest absolute Gasteiger partial charge is 0.394 e. The first-order valence-corrected chi connectivity index (χ1v) is 3.54. The summed E-state index contributed by atoms with van der Waals surface area (Å²) in [6.45, 7) is -0.278. The quantitative estimate of drug-likeness (QED) is 0.590. The number of nitrogens with one attached hydrogen (secondary N) is 1. The van der Waals surface area contributed by atoms with Gasteiger partial charge in [-0.3, -0.25) is 0 Å². The molecule has 0 aromatic heterocycles. The third kappa shape index (κ3) is 2.01. The summed E-state index contributed by atoms with van der Waals surface area (Å²) in [5.41, 5.74) is 2.39. The first-order chi connectivity index (χ1) is 5.77. The van der Waals surface area contributed by atoms with Crippen LogP contribution in [0.4, 0.5) is 4.39 Å². The van der Waals surface area contributed by atoms with Crippen molar-refractivity contribution in [1.82, 2.24) is 5.48 Å². The predicted octanol–water partition coefficient (Wildman–Crippen LogP) is 0.838. The zero-order valence-corrected chi connectivity index (χ0v) is 6.37. The Morgan fingerprint density at radius 3 is 2.75 bits per heavy atom. The fraction of sp³-hybridized carbons (Fsp3) is 0.250. The number of hydrogen-bond acceptors (Lipinski definition) is 3. The highest BCUT2D eigenvalue weighted by atomic mass is 19.1. The van der Waals surface area contributed by atoms with Gasteiger partial charge in [0.1, 0.15) is 5.82 Å². The van der Waals surface area contributed by atoms with Gasteiger partial charge in [-0.2, -0.15) is 5.48 Å². The maximum Gasteiger partial charge on any atom is 0.123 e. The second-order valence-corrected chi connectivity index (χ2v) is 2.42. The average molecular weight is 171 g/mol. The van der Waals surface area contributed by atoms with E-state index in [0.29, 0.717) is 5.56 Å². The SMILES string of the molecule is OC[C@@H](NO)c1cccc(F)c1. The Morgan fingerprint density at radius 2 is 2.25 bits per heavy atom. The normalized spacial score (nSPS) is 12.9. The van der Waals surface area contributed by atoms with Crippen LogP contribution in [0.15, 0.2) is 24.3 Å². The maximum atomic E-state index is 12.6. The summed E-state index contributed by atoms with van der Waals surface area (Å²) in [6.07, 6.45) is 0. The monoisotopic (exact) mass is 171 g/mol. The molecule has 0 radical (unpaired) electrons. The Kier molecular flexibility index (Phi) is 3.16. The fourth-order valence-electron chi connectivity index (χ4n) is 0.944. The van der Waals surface area contributed by atoms with Gasteiger partial charge in [-0.25, -0.2) is 4.39 Å². The third-order valence-electron chi connectivity index (χ3n) is 1.59. The fourth-order valence-corrected chi connectivity index (χ4v) is 0.944. The van der Waals surface area contributed by atoms with E-state index in [1.165, 1.54) is 18.2 Å². The Hall–Kier alpha value is -0.970. The van der Waals surface area contributed by atoms with E-state index in [1.54, 1.807) is 6.07 Å². The predicted molar refractivity (Wildman–Crippen MR) is 41.1 cm³/mol. The Morgan fingerprint density at radius 1 is 1.50 bits per heavy atom. The Labute approximate surface area is 69.4 Å². The number of aliphatic hydroxyl groups is 1. The van der Waals surface area contributed by atoms with Gasteiger partial charge in [0.2, 0.25) is 0 Å². The molecule has 12 heavy (non-hydrogen) atoms. The number of aliphatic hydroxyl groups excluding tert-OH is 1. The molecule has 1 aromatic carbocycles. The molecule has 0 heterocycles. The van der Waals surface area contributed by atoms with E-state index in [-0.39, 0.29) is 12.4 Å². The van der Waals surface area contributed by atoms with Gasteiger partial charge >= 0.3 is 0 Å². The molecule has 0 bridgehead atoms. The van der Waals surface area contributed by atoms with Gasteiger partial charge in [-0.05, 0) is 17.7 Å². The summed E-state index contributed by atoms with van der Waals surface area (Å²) in [5.74, 6) is -0.388. The zero-order valence-electron chi connectivity index (χ0n) is 6.37. The molecular weight excluding hydrogens is 161 g/mol. The molecule has 0 aliphatic carbocycles. The molecule has 0 aliphatic rings. The number of hydroxylamine groups is 1. The van der Waals surface area contributed by atoms with Gasteiger partial charge in [0, 0.05) is 0 Å². The third-order valence-corrected chi connectivity index (χ3v) is 1.59. The van der Waals surface area contributed by atoms with E-state index in [4.69, 9.17) is 10.3 Å². The Balaban J connectivity index is 2.85. The lowest BCUT2D eigenvalue weighted by molar-refractivity contribution is 0.0905. The second kappa shape index (κ2) is 4.15. The lowest BCUT2D eigenvalue weighted by Gasteiger charge is -2.11. The van der Waals surface area contributed by atoms with E-state index in [0.717, 1.165) is 0 Å². The Bertz CT molecular complexity index is 251. The maximum absolute atomic E-state index is 12.6. The highest BCUT2D eigenvalue weighted by molar-refractivity contribution is 5.19. The summed E-state index contributed by atoms with van der Waals surface area (Å²) >= 11 is 0. The number of halogens is 1. The molecule has 1 atom stereocenters. The van der Waals surface area contributed by atoms with Crippen LogP contribution in [-0.2, 0) is 0 Å². The molecule has 0 saturated heterocycles. The van der Waals surface area contributed by atoms with Crippen molar-refractivity contribution >= 4 is 0 Å². The van der Waals surface area contributed by atoms with Crippen molar-refractivity contribution in [1.29, 1.82) is 0 Å². The molecule has 0 fully saturated rings. The van der Waals surface area contributed by atoms with Crippen molar-refractivity contribution in [3.05, 3.63) is 35.6 Å². The van der Waals surface area contributed by atoms with Crippen LogP contribution < -0.4 is 5.48 Å². The summed E-state index contributed by atoms with van der Waals surface area (Å²) in [4.78, 5) is 0. The number of benzene rings is 1. The van der Waals surface area contributed by atoms with E-state index < -0.39 is 6.04 Å². The van der Waals surface area contributed by atoms with Crippen LogP contribution in [0.1, 0.15) is 11.6 Å². The van der Waals surface area contributed by atoms with Crippen molar-refractivity contribution in [3.63, 3.8) is 0 Å². The minimum Gasteiger partial charge on any atom is -0.394 e.